The highest BCUT2D eigenvalue weighted by Crippen LogP contribution is 2.31. The Balaban J connectivity index is 1.38. The Kier molecular flexibility index (Phi) is 7.26. The minimum Gasteiger partial charge on any atom is -0.493 e. The van der Waals surface area contributed by atoms with E-state index in [2.05, 4.69) is 4.90 Å². The maximum absolute atomic E-state index is 10.9. The van der Waals surface area contributed by atoms with Crippen LogP contribution in [0.3, 0.4) is 0 Å². The van der Waals surface area contributed by atoms with Crippen molar-refractivity contribution in [2.45, 2.75) is 18.9 Å². The standard InChI is InChI=1S/C21H27N3O5/c22-21-19(24(26)27)7-4-8-20(21)29-15-17(25)13-23-11-9-16(10-12-23)14-28-18-5-2-1-3-6-18/h1-8,16-17,25H,9-15,22H2. The zero-order valence-corrected chi connectivity index (χ0v) is 16.3. The number of nitrogens with two attached hydrogens (primary N) is 1. The summed E-state index contributed by atoms with van der Waals surface area (Å²) >= 11 is 0. The quantitative estimate of drug-likeness (QED) is 0.377. The predicted molar refractivity (Wildman–Crippen MR) is 110 cm³/mol. The maximum Gasteiger partial charge on any atom is 0.295 e. The van der Waals surface area contributed by atoms with Gasteiger partial charge in [0.1, 0.15) is 24.2 Å². The molecule has 8 nitrogen and oxygen atoms in total. The van der Waals surface area contributed by atoms with Gasteiger partial charge in [-0.15, -0.1) is 0 Å². The normalized spacial score (nSPS) is 16.3. The maximum atomic E-state index is 10.9. The van der Waals surface area contributed by atoms with Gasteiger partial charge in [-0.05, 0) is 50.0 Å². The number of anilines is 1. The summed E-state index contributed by atoms with van der Waals surface area (Å²) in [5.41, 5.74) is 5.55. The SMILES string of the molecule is Nc1c(OCC(O)CN2CCC(COc3ccccc3)CC2)cccc1[N+](=O)[O-]. The van der Waals surface area contributed by atoms with Gasteiger partial charge in [-0.2, -0.15) is 0 Å². The molecule has 1 heterocycles. The fourth-order valence-electron chi connectivity index (χ4n) is 3.42. The van der Waals surface area contributed by atoms with Crippen molar-refractivity contribution in [3.63, 3.8) is 0 Å². The highest BCUT2D eigenvalue weighted by Gasteiger charge is 2.22. The van der Waals surface area contributed by atoms with Crippen molar-refractivity contribution in [2.24, 2.45) is 5.92 Å². The van der Waals surface area contributed by atoms with Gasteiger partial charge in [0.25, 0.3) is 5.69 Å². The number of ether oxygens (including phenoxy) is 2. The molecule has 3 N–H and O–H groups in total. The number of nitro groups is 1. The van der Waals surface area contributed by atoms with Crippen LogP contribution in [0.2, 0.25) is 0 Å². The van der Waals surface area contributed by atoms with Crippen LogP contribution in [-0.4, -0.2) is 53.9 Å². The van der Waals surface area contributed by atoms with Gasteiger partial charge < -0.3 is 25.2 Å². The lowest BCUT2D eigenvalue weighted by atomic mass is 9.97. The summed E-state index contributed by atoms with van der Waals surface area (Å²) < 4.78 is 11.4. The summed E-state index contributed by atoms with van der Waals surface area (Å²) in [5, 5.41) is 21.2. The molecule has 0 aromatic heterocycles. The van der Waals surface area contributed by atoms with Crippen LogP contribution in [0.4, 0.5) is 11.4 Å². The summed E-state index contributed by atoms with van der Waals surface area (Å²) in [6.07, 6.45) is 1.32. The van der Waals surface area contributed by atoms with E-state index in [-0.39, 0.29) is 23.7 Å². The Bertz CT molecular complexity index is 794. The van der Waals surface area contributed by atoms with E-state index in [0.29, 0.717) is 19.1 Å². The van der Waals surface area contributed by atoms with Gasteiger partial charge in [-0.25, -0.2) is 0 Å². The van der Waals surface area contributed by atoms with Crippen LogP contribution >= 0.6 is 0 Å². The van der Waals surface area contributed by atoms with Crippen molar-refractivity contribution < 1.29 is 19.5 Å². The lowest BCUT2D eigenvalue weighted by Crippen LogP contribution is -2.41. The number of likely N-dealkylation sites (tertiary alicyclic amines) is 1. The lowest BCUT2D eigenvalue weighted by Gasteiger charge is -2.33. The molecule has 156 valence electrons. The number of nitro benzene ring substituents is 1. The van der Waals surface area contributed by atoms with Gasteiger partial charge in [0, 0.05) is 12.6 Å². The van der Waals surface area contributed by atoms with Crippen LogP contribution in [0, 0.1) is 16.0 Å². The number of benzene rings is 2. The summed E-state index contributed by atoms with van der Waals surface area (Å²) in [7, 11) is 0. The highest BCUT2D eigenvalue weighted by molar-refractivity contribution is 5.66. The van der Waals surface area contributed by atoms with E-state index in [9.17, 15) is 15.2 Å². The fourth-order valence-corrected chi connectivity index (χ4v) is 3.42. The first-order chi connectivity index (χ1) is 14.0. The molecule has 1 unspecified atom stereocenters. The van der Waals surface area contributed by atoms with E-state index in [1.165, 1.54) is 12.1 Å². The molecule has 1 aliphatic rings. The molecular weight excluding hydrogens is 374 g/mol. The van der Waals surface area contributed by atoms with Crippen LogP contribution in [0.15, 0.2) is 48.5 Å². The van der Waals surface area contributed by atoms with Gasteiger partial charge in [-0.1, -0.05) is 24.3 Å². The predicted octanol–water partition coefficient (Wildman–Crippen LogP) is 2.71. The van der Waals surface area contributed by atoms with E-state index < -0.39 is 11.0 Å². The third-order valence-corrected chi connectivity index (χ3v) is 5.08. The van der Waals surface area contributed by atoms with E-state index in [0.717, 1.165) is 31.7 Å². The van der Waals surface area contributed by atoms with Gasteiger partial charge in [0.15, 0.2) is 5.69 Å². The van der Waals surface area contributed by atoms with Crippen molar-refractivity contribution >= 4 is 11.4 Å². The van der Waals surface area contributed by atoms with Crippen LogP contribution in [-0.2, 0) is 0 Å². The molecule has 29 heavy (non-hydrogen) atoms. The molecule has 1 saturated heterocycles. The van der Waals surface area contributed by atoms with Crippen LogP contribution < -0.4 is 15.2 Å². The molecule has 0 radical (unpaired) electrons. The van der Waals surface area contributed by atoms with Crippen LogP contribution in [0.5, 0.6) is 11.5 Å². The molecule has 1 atom stereocenters. The number of nitrogens with zero attached hydrogens (tertiary/aromatic N) is 2. The minimum absolute atomic E-state index is 0.0241. The Morgan fingerprint density at radius 3 is 2.55 bits per heavy atom. The van der Waals surface area contributed by atoms with Gasteiger partial charge >= 0.3 is 0 Å². The fraction of sp³-hybridized carbons (Fsp3) is 0.429. The van der Waals surface area contributed by atoms with Crippen molar-refractivity contribution in [3.05, 3.63) is 58.6 Å². The van der Waals surface area contributed by atoms with Crippen molar-refractivity contribution in [1.29, 1.82) is 0 Å². The molecular formula is C21H27N3O5. The summed E-state index contributed by atoms with van der Waals surface area (Å²) in [6, 6.07) is 14.2. The molecule has 0 bridgehead atoms. The number of hydrogen-bond donors (Lipinski definition) is 2. The van der Waals surface area contributed by atoms with E-state index >= 15 is 0 Å². The summed E-state index contributed by atoms with van der Waals surface area (Å²) in [5.74, 6) is 1.61. The molecule has 2 aromatic carbocycles. The van der Waals surface area contributed by atoms with E-state index in [1.807, 2.05) is 30.3 Å². The number of rotatable bonds is 9. The molecule has 1 fully saturated rings. The Morgan fingerprint density at radius 1 is 1.14 bits per heavy atom. The first-order valence-electron chi connectivity index (χ1n) is 9.77. The Hall–Kier alpha value is -2.84. The first-order valence-corrected chi connectivity index (χ1v) is 9.77. The molecule has 0 amide bonds. The first kappa shape index (κ1) is 20.9. The Labute approximate surface area is 170 Å². The van der Waals surface area contributed by atoms with Crippen molar-refractivity contribution in [1.82, 2.24) is 4.90 Å². The summed E-state index contributed by atoms with van der Waals surface area (Å²) in [4.78, 5) is 12.6. The number of β-amino-alcohol motifs (C(OH)–C–C–N with tert-alkyl or cyclic N) is 1. The summed E-state index contributed by atoms with van der Waals surface area (Å²) in [6.45, 7) is 3.00. The topological polar surface area (TPSA) is 111 Å². The highest BCUT2D eigenvalue weighted by atomic mass is 16.6. The lowest BCUT2D eigenvalue weighted by molar-refractivity contribution is -0.384. The number of nitrogen functional groups attached to an aromatic ring is 1. The van der Waals surface area contributed by atoms with Crippen LogP contribution in [0.25, 0.3) is 0 Å². The average molecular weight is 401 g/mol. The number of aliphatic hydroxyl groups is 1. The zero-order chi connectivity index (χ0) is 20.6. The third kappa shape index (κ3) is 6.07. The smallest absolute Gasteiger partial charge is 0.295 e. The Morgan fingerprint density at radius 2 is 1.86 bits per heavy atom. The monoisotopic (exact) mass is 401 g/mol. The second kappa shape index (κ2) is 10.1. The molecule has 8 heteroatoms. The van der Waals surface area contributed by atoms with Crippen molar-refractivity contribution in [3.8, 4) is 11.5 Å². The zero-order valence-electron chi connectivity index (χ0n) is 16.3. The molecule has 0 saturated carbocycles. The van der Waals surface area contributed by atoms with E-state index in [1.54, 1.807) is 6.07 Å². The molecule has 2 aromatic rings. The van der Waals surface area contributed by atoms with Crippen molar-refractivity contribution in [2.75, 3.05) is 38.6 Å². The van der Waals surface area contributed by atoms with Gasteiger partial charge in [-0.3, -0.25) is 10.1 Å². The minimum atomic E-state index is -0.703. The second-order valence-corrected chi connectivity index (χ2v) is 7.28. The largest absolute Gasteiger partial charge is 0.493 e. The third-order valence-electron chi connectivity index (χ3n) is 5.08. The molecule has 1 aliphatic heterocycles. The number of para-hydroxylation sites is 2. The average Bonchev–Trinajstić information content (AvgIpc) is 2.73. The van der Waals surface area contributed by atoms with Crippen LogP contribution in [0.1, 0.15) is 12.8 Å². The van der Waals surface area contributed by atoms with E-state index in [4.69, 9.17) is 15.2 Å². The molecule has 0 spiro atoms. The van der Waals surface area contributed by atoms with Gasteiger partial charge in [0.2, 0.25) is 0 Å². The second-order valence-electron chi connectivity index (χ2n) is 7.28. The van der Waals surface area contributed by atoms with Gasteiger partial charge in [0.05, 0.1) is 11.5 Å². The molecule has 3 rings (SSSR count). The number of hydrogen-bond acceptors (Lipinski definition) is 7. The molecule has 0 aliphatic carbocycles. The number of piperidine rings is 1. The number of aliphatic hydroxyl groups excluding tert-OH is 1.